The molecule has 0 aromatic rings. The molecule has 0 bridgehead atoms. The minimum atomic E-state index is 0.260. The molecular formula is C14H25N3O2. The Hall–Kier alpha value is -0.650. The van der Waals surface area contributed by atoms with Crippen molar-refractivity contribution >= 4 is 5.91 Å². The molecular weight excluding hydrogens is 242 g/mol. The molecule has 1 N–H and O–H groups in total. The van der Waals surface area contributed by atoms with Crippen LogP contribution < -0.4 is 5.32 Å². The zero-order valence-corrected chi connectivity index (χ0v) is 11.6. The SMILES string of the molecule is O=C(C1CNC1)N1CCC(CN2CCOCC2)CC1. The predicted octanol–water partition coefficient (Wildman–Crippen LogP) is -0.223. The molecule has 5 nitrogen and oxygen atoms in total. The van der Waals surface area contributed by atoms with Gasteiger partial charge in [-0.25, -0.2) is 0 Å². The summed E-state index contributed by atoms with van der Waals surface area (Å²) in [6.07, 6.45) is 2.34. The zero-order chi connectivity index (χ0) is 13.1. The molecule has 0 radical (unpaired) electrons. The number of amides is 1. The van der Waals surface area contributed by atoms with Gasteiger partial charge in [-0.15, -0.1) is 0 Å². The van der Waals surface area contributed by atoms with E-state index in [0.29, 0.717) is 5.91 Å². The first-order valence-corrected chi connectivity index (χ1v) is 7.62. The third kappa shape index (κ3) is 3.27. The van der Waals surface area contributed by atoms with Crippen molar-refractivity contribution in [3.05, 3.63) is 0 Å². The summed E-state index contributed by atoms with van der Waals surface area (Å²) in [5, 5.41) is 3.18. The monoisotopic (exact) mass is 267 g/mol. The number of ether oxygens (including phenoxy) is 1. The van der Waals surface area contributed by atoms with E-state index >= 15 is 0 Å². The van der Waals surface area contributed by atoms with Crippen molar-refractivity contribution < 1.29 is 9.53 Å². The van der Waals surface area contributed by atoms with E-state index in [-0.39, 0.29) is 5.92 Å². The maximum atomic E-state index is 12.1. The highest BCUT2D eigenvalue weighted by atomic mass is 16.5. The fourth-order valence-corrected chi connectivity index (χ4v) is 3.21. The molecule has 1 amide bonds. The van der Waals surface area contributed by atoms with E-state index < -0.39 is 0 Å². The van der Waals surface area contributed by atoms with Crippen molar-refractivity contribution in [3.8, 4) is 0 Å². The van der Waals surface area contributed by atoms with E-state index in [1.54, 1.807) is 0 Å². The number of likely N-dealkylation sites (tertiary alicyclic amines) is 1. The number of nitrogens with one attached hydrogen (secondary N) is 1. The standard InChI is InChI=1S/C14H25N3O2/c18-14(13-9-15-10-13)17-3-1-12(2-4-17)11-16-5-7-19-8-6-16/h12-13,15H,1-11H2. The highest BCUT2D eigenvalue weighted by Crippen LogP contribution is 2.21. The first-order chi connectivity index (χ1) is 9.33. The lowest BCUT2D eigenvalue weighted by molar-refractivity contribution is -0.138. The summed E-state index contributed by atoms with van der Waals surface area (Å²) in [6, 6.07) is 0. The van der Waals surface area contributed by atoms with Crippen LogP contribution in [0.5, 0.6) is 0 Å². The van der Waals surface area contributed by atoms with Gasteiger partial charge in [0.15, 0.2) is 0 Å². The van der Waals surface area contributed by atoms with E-state index in [4.69, 9.17) is 4.74 Å². The predicted molar refractivity (Wildman–Crippen MR) is 72.9 cm³/mol. The average Bonchev–Trinajstić information content (AvgIpc) is 2.39. The van der Waals surface area contributed by atoms with E-state index in [2.05, 4.69) is 15.1 Å². The molecule has 0 aromatic carbocycles. The smallest absolute Gasteiger partial charge is 0.228 e. The van der Waals surface area contributed by atoms with Crippen LogP contribution in [-0.4, -0.2) is 74.7 Å². The maximum Gasteiger partial charge on any atom is 0.228 e. The Morgan fingerprint density at radius 2 is 1.79 bits per heavy atom. The molecule has 0 aromatic heterocycles. The van der Waals surface area contributed by atoms with Crippen molar-refractivity contribution in [2.45, 2.75) is 12.8 Å². The van der Waals surface area contributed by atoms with Gasteiger partial charge in [0.05, 0.1) is 19.1 Å². The Kier molecular flexibility index (Phi) is 4.35. The van der Waals surface area contributed by atoms with Crippen LogP contribution in [0, 0.1) is 11.8 Å². The van der Waals surface area contributed by atoms with E-state index in [1.807, 2.05) is 0 Å². The van der Waals surface area contributed by atoms with E-state index in [1.165, 1.54) is 19.4 Å². The van der Waals surface area contributed by atoms with E-state index in [9.17, 15) is 4.79 Å². The Morgan fingerprint density at radius 1 is 1.11 bits per heavy atom. The summed E-state index contributed by atoms with van der Waals surface area (Å²) in [5.74, 6) is 1.40. The Balaban J connectivity index is 1.40. The summed E-state index contributed by atoms with van der Waals surface area (Å²) in [6.45, 7) is 8.79. The summed E-state index contributed by atoms with van der Waals surface area (Å²) >= 11 is 0. The normalized spacial score (nSPS) is 27.3. The molecule has 3 rings (SSSR count). The number of carbonyl (C=O) groups is 1. The van der Waals surface area contributed by atoms with Gasteiger partial charge in [-0.3, -0.25) is 9.69 Å². The zero-order valence-electron chi connectivity index (χ0n) is 11.6. The van der Waals surface area contributed by atoms with Crippen molar-refractivity contribution in [2.24, 2.45) is 11.8 Å². The molecule has 0 spiro atoms. The Bertz CT molecular complexity index is 306. The fraction of sp³-hybridized carbons (Fsp3) is 0.929. The molecule has 5 heteroatoms. The summed E-state index contributed by atoms with van der Waals surface area (Å²) in [7, 11) is 0. The van der Waals surface area contributed by atoms with E-state index in [0.717, 1.165) is 58.4 Å². The number of hydrogen-bond acceptors (Lipinski definition) is 4. The Labute approximate surface area is 115 Å². The average molecular weight is 267 g/mol. The van der Waals surface area contributed by atoms with Crippen LogP contribution >= 0.6 is 0 Å². The van der Waals surface area contributed by atoms with Gasteiger partial charge in [0, 0.05) is 45.8 Å². The molecule has 0 saturated carbocycles. The molecule has 3 heterocycles. The van der Waals surface area contributed by atoms with Gasteiger partial charge >= 0.3 is 0 Å². The van der Waals surface area contributed by atoms with Crippen LogP contribution in [0.1, 0.15) is 12.8 Å². The van der Waals surface area contributed by atoms with Crippen LogP contribution in [0.15, 0.2) is 0 Å². The molecule has 3 aliphatic rings. The van der Waals surface area contributed by atoms with Crippen molar-refractivity contribution in [2.75, 3.05) is 59.0 Å². The number of hydrogen-bond donors (Lipinski definition) is 1. The second kappa shape index (κ2) is 6.20. The minimum Gasteiger partial charge on any atom is -0.379 e. The van der Waals surface area contributed by atoms with Gasteiger partial charge in [0.2, 0.25) is 5.91 Å². The number of carbonyl (C=O) groups excluding carboxylic acids is 1. The third-order valence-electron chi connectivity index (χ3n) is 4.68. The number of nitrogens with zero attached hydrogens (tertiary/aromatic N) is 2. The van der Waals surface area contributed by atoms with Crippen LogP contribution in [-0.2, 0) is 9.53 Å². The lowest BCUT2D eigenvalue weighted by atomic mass is 9.94. The van der Waals surface area contributed by atoms with Crippen LogP contribution in [0.4, 0.5) is 0 Å². The lowest BCUT2D eigenvalue weighted by Gasteiger charge is -2.38. The van der Waals surface area contributed by atoms with Crippen LogP contribution in [0.3, 0.4) is 0 Å². The van der Waals surface area contributed by atoms with Crippen molar-refractivity contribution in [1.82, 2.24) is 15.1 Å². The minimum absolute atomic E-state index is 0.260. The Morgan fingerprint density at radius 3 is 2.37 bits per heavy atom. The molecule has 0 atom stereocenters. The van der Waals surface area contributed by atoms with Gasteiger partial charge in [-0.05, 0) is 18.8 Å². The highest BCUT2D eigenvalue weighted by Gasteiger charge is 2.31. The maximum absolute atomic E-state index is 12.1. The molecule has 3 fully saturated rings. The summed E-state index contributed by atoms with van der Waals surface area (Å²) in [4.78, 5) is 16.7. The molecule has 108 valence electrons. The van der Waals surface area contributed by atoms with Gasteiger partial charge in [-0.2, -0.15) is 0 Å². The number of piperidine rings is 1. The van der Waals surface area contributed by atoms with Gasteiger partial charge < -0.3 is 15.0 Å². The lowest BCUT2D eigenvalue weighted by Crippen LogP contribution is -2.54. The van der Waals surface area contributed by atoms with Crippen LogP contribution in [0.2, 0.25) is 0 Å². The van der Waals surface area contributed by atoms with Crippen molar-refractivity contribution in [1.29, 1.82) is 0 Å². The molecule has 3 aliphatic heterocycles. The first kappa shape index (κ1) is 13.3. The third-order valence-corrected chi connectivity index (χ3v) is 4.68. The first-order valence-electron chi connectivity index (χ1n) is 7.62. The molecule has 3 saturated heterocycles. The quantitative estimate of drug-likeness (QED) is 0.768. The fourth-order valence-electron chi connectivity index (χ4n) is 3.21. The number of morpholine rings is 1. The molecule has 19 heavy (non-hydrogen) atoms. The van der Waals surface area contributed by atoms with Gasteiger partial charge in [0.25, 0.3) is 0 Å². The van der Waals surface area contributed by atoms with Gasteiger partial charge in [0.1, 0.15) is 0 Å². The molecule has 0 unspecified atom stereocenters. The topological polar surface area (TPSA) is 44.8 Å². The molecule has 0 aliphatic carbocycles. The summed E-state index contributed by atoms with van der Waals surface area (Å²) < 4.78 is 5.38. The van der Waals surface area contributed by atoms with Gasteiger partial charge in [-0.1, -0.05) is 0 Å². The highest BCUT2D eigenvalue weighted by molar-refractivity contribution is 5.80. The number of rotatable bonds is 3. The summed E-state index contributed by atoms with van der Waals surface area (Å²) in [5.41, 5.74) is 0. The van der Waals surface area contributed by atoms with Crippen LogP contribution in [0.25, 0.3) is 0 Å². The van der Waals surface area contributed by atoms with Crippen molar-refractivity contribution in [3.63, 3.8) is 0 Å². The second-order valence-corrected chi connectivity index (χ2v) is 6.04. The largest absolute Gasteiger partial charge is 0.379 e. The second-order valence-electron chi connectivity index (χ2n) is 6.04.